The van der Waals surface area contributed by atoms with Crippen molar-refractivity contribution in [1.29, 1.82) is 0 Å². The molecule has 0 saturated heterocycles. The molecular formula is C17H14FN3O. The molecule has 3 aromatic rings. The maximum absolute atomic E-state index is 12.8. The Kier molecular flexibility index (Phi) is 3.87. The Labute approximate surface area is 127 Å². The lowest BCUT2D eigenvalue weighted by molar-refractivity contribution is 0.262. The number of hydrogen-bond acceptors (Lipinski definition) is 1. The van der Waals surface area contributed by atoms with Crippen molar-refractivity contribution in [2.45, 2.75) is 0 Å². The number of benzene rings is 2. The Morgan fingerprint density at radius 2 is 1.41 bits per heavy atom. The zero-order valence-corrected chi connectivity index (χ0v) is 11.6. The number of anilines is 2. The Bertz CT molecular complexity index is 750. The van der Waals surface area contributed by atoms with Gasteiger partial charge in [0.05, 0.1) is 0 Å². The van der Waals surface area contributed by atoms with E-state index in [1.54, 1.807) is 0 Å². The lowest BCUT2D eigenvalue weighted by Crippen LogP contribution is -2.19. The second kappa shape index (κ2) is 6.13. The summed E-state index contributed by atoms with van der Waals surface area (Å²) in [4.78, 5) is 14.9. The summed E-state index contributed by atoms with van der Waals surface area (Å²) in [5.74, 6) is -0.341. The van der Waals surface area contributed by atoms with Crippen LogP contribution >= 0.6 is 0 Å². The summed E-state index contributed by atoms with van der Waals surface area (Å²) in [6.45, 7) is 0. The fraction of sp³-hybridized carbons (Fsp3) is 0. The maximum Gasteiger partial charge on any atom is 0.323 e. The number of amides is 2. The summed E-state index contributed by atoms with van der Waals surface area (Å²) in [6.07, 6.45) is 3.77. The Balaban J connectivity index is 1.63. The SMILES string of the molecule is O=C(Nc1ccc(F)cc1)Nc1ccc(-c2cc[nH]c2)cc1. The molecule has 0 radical (unpaired) electrons. The average molecular weight is 295 g/mol. The predicted molar refractivity (Wildman–Crippen MR) is 85.3 cm³/mol. The number of carbonyl (C=O) groups is 1. The number of halogens is 1. The van der Waals surface area contributed by atoms with Crippen LogP contribution in [-0.4, -0.2) is 11.0 Å². The molecule has 0 fully saturated rings. The van der Waals surface area contributed by atoms with Crippen molar-refractivity contribution in [1.82, 2.24) is 4.98 Å². The molecule has 0 aliphatic heterocycles. The van der Waals surface area contributed by atoms with Gasteiger partial charge in [-0.05, 0) is 53.6 Å². The minimum absolute atomic E-state index is 0.341. The molecular weight excluding hydrogens is 281 g/mol. The molecule has 0 aliphatic rings. The first-order chi connectivity index (χ1) is 10.7. The topological polar surface area (TPSA) is 56.9 Å². The summed E-state index contributed by atoms with van der Waals surface area (Å²) in [7, 11) is 0. The van der Waals surface area contributed by atoms with Crippen molar-refractivity contribution in [3.8, 4) is 11.1 Å². The van der Waals surface area contributed by atoms with Crippen molar-refractivity contribution in [3.05, 3.63) is 72.8 Å². The van der Waals surface area contributed by atoms with E-state index in [9.17, 15) is 9.18 Å². The van der Waals surface area contributed by atoms with Crippen molar-refractivity contribution >= 4 is 17.4 Å². The van der Waals surface area contributed by atoms with E-state index in [1.165, 1.54) is 24.3 Å². The van der Waals surface area contributed by atoms with Gasteiger partial charge in [-0.2, -0.15) is 0 Å². The van der Waals surface area contributed by atoms with Gasteiger partial charge in [0.25, 0.3) is 0 Å². The number of urea groups is 1. The van der Waals surface area contributed by atoms with E-state index in [0.29, 0.717) is 11.4 Å². The van der Waals surface area contributed by atoms with Crippen LogP contribution in [0.2, 0.25) is 0 Å². The van der Waals surface area contributed by atoms with E-state index in [1.807, 2.05) is 42.7 Å². The third-order valence-electron chi connectivity index (χ3n) is 3.18. The monoisotopic (exact) mass is 295 g/mol. The van der Waals surface area contributed by atoms with Gasteiger partial charge in [-0.15, -0.1) is 0 Å². The highest BCUT2D eigenvalue weighted by Crippen LogP contribution is 2.20. The van der Waals surface area contributed by atoms with Crippen LogP contribution < -0.4 is 10.6 Å². The van der Waals surface area contributed by atoms with E-state index in [2.05, 4.69) is 15.6 Å². The fourth-order valence-corrected chi connectivity index (χ4v) is 2.08. The lowest BCUT2D eigenvalue weighted by Gasteiger charge is -2.08. The number of nitrogens with one attached hydrogen (secondary N) is 3. The van der Waals surface area contributed by atoms with Crippen LogP contribution in [0.5, 0.6) is 0 Å². The third-order valence-corrected chi connectivity index (χ3v) is 3.18. The summed E-state index contributed by atoms with van der Waals surface area (Å²) >= 11 is 0. The first-order valence-electron chi connectivity index (χ1n) is 6.77. The first-order valence-corrected chi connectivity index (χ1v) is 6.77. The Morgan fingerprint density at radius 1 is 0.818 bits per heavy atom. The van der Waals surface area contributed by atoms with Crippen molar-refractivity contribution in [2.24, 2.45) is 0 Å². The fourth-order valence-electron chi connectivity index (χ4n) is 2.08. The standard InChI is InChI=1S/C17H14FN3O/c18-14-3-7-16(8-4-14)21-17(22)20-15-5-1-12(2-6-15)13-9-10-19-11-13/h1-11,19H,(H2,20,21,22). The summed E-state index contributed by atoms with van der Waals surface area (Å²) < 4.78 is 12.8. The lowest BCUT2D eigenvalue weighted by atomic mass is 10.1. The van der Waals surface area contributed by atoms with Gasteiger partial charge in [0.2, 0.25) is 0 Å². The molecule has 0 bridgehead atoms. The number of rotatable bonds is 3. The van der Waals surface area contributed by atoms with E-state index in [4.69, 9.17) is 0 Å². The summed E-state index contributed by atoms with van der Waals surface area (Å²) in [5, 5.41) is 5.36. The average Bonchev–Trinajstić information content (AvgIpc) is 3.05. The molecule has 0 atom stereocenters. The highest BCUT2D eigenvalue weighted by molar-refractivity contribution is 5.99. The number of aromatic nitrogens is 1. The van der Waals surface area contributed by atoms with Gasteiger partial charge in [0, 0.05) is 23.8 Å². The molecule has 110 valence electrons. The largest absolute Gasteiger partial charge is 0.367 e. The number of hydrogen-bond donors (Lipinski definition) is 3. The van der Waals surface area contributed by atoms with Crippen molar-refractivity contribution < 1.29 is 9.18 Å². The zero-order valence-electron chi connectivity index (χ0n) is 11.6. The maximum atomic E-state index is 12.8. The highest BCUT2D eigenvalue weighted by Gasteiger charge is 2.04. The molecule has 0 unspecified atom stereocenters. The molecule has 5 heteroatoms. The highest BCUT2D eigenvalue weighted by atomic mass is 19.1. The smallest absolute Gasteiger partial charge is 0.323 e. The van der Waals surface area contributed by atoms with Gasteiger partial charge in [-0.3, -0.25) is 0 Å². The van der Waals surface area contributed by atoms with E-state index < -0.39 is 0 Å². The van der Waals surface area contributed by atoms with Crippen LogP contribution in [0.1, 0.15) is 0 Å². The van der Waals surface area contributed by atoms with E-state index in [-0.39, 0.29) is 11.8 Å². The van der Waals surface area contributed by atoms with Gasteiger partial charge in [0.15, 0.2) is 0 Å². The normalized spacial score (nSPS) is 10.2. The van der Waals surface area contributed by atoms with Crippen LogP contribution in [0.25, 0.3) is 11.1 Å². The second-order valence-electron chi connectivity index (χ2n) is 4.76. The van der Waals surface area contributed by atoms with Gasteiger partial charge < -0.3 is 15.6 Å². The Morgan fingerprint density at radius 3 is 1.95 bits per heavy atom. The molecule has 0 spiro atoms. The third kappa shape index (κ3) is 3.32. The summed E-state index contributed by atoms with van der Waals surface area (Å²) in [5.41, 5.74) is 3.36. The second-order valence-corrected chi connectivity index (χ2v) is 4.76. The summed E-state index contributed by atoms with van der Waals surface area (Å²) in [6, 6.07) is 14.7. The molecule has 2 amide bonds. The van der Waals surface area contributed by atoms with Crippen LogP contribution in [0, 0.1) is 5.82 Å². The Hall–Kier alpha value is -3.08. The minimum atomic E-state index is -0.374. The molecule has 1 heterocycles. The first kappa shape index (κ1) is 13.9. The molecule has 4 nitrogen and oxygen atoms in total. The number of H-pyrrole nitrogens is 1. The van der Waals surface area contributed by atoms with Gasteiger partial charge in [-0.1, -0.05) is 12.1 Å². The number of carbonyl (C=O) groups excluding carboxylic acids is 1. The van der Waals surface area contributed by atoms with Crippen LogP contribution in [-0.2, 0) is 0 Å². The van der Waals surface area contributed by atoms with Crippen LogP contribution in [0.3, 0.4) is 0 Å². The molecule has 0 saturated carbocycles. The van der Waals surface area contributed by atoms with Gasteiger partial charge >= 0.3 is 6.03 Å². The molecule has 3 rings (SSSR count). The molecule has 3 N–H and O–H groups in total. The minimum Gasteiger partial charge on any atom is -0.367 e. The van der Waals surface area contributed by atoms with Gasteiger partial charge in [0.1, 0.15) is 5.82 Å². The van der Waals surface area contributed by atoms with E-state index >= 15 is 0 Å². The molecule has 0 aliphatic carbocycles. The number of aromatic amines is 1. The van der Waals surface area contributed by atoms with Crippen LogP contribution in [0.4, 0.5) is 20.6 Å². The zero-order chi connectivity index (χ0) is 15.4. The molecule has 2 aromatic carbocycles. The molecule has 22 heavy (non-hydrogen) atoms. The van der Waals surface area contributed by atoms with Crippen LogP contribution in [0.15, 0.2) is 67.0 Å². The predicted octanol–water partition coefficient (Wildman–Crippen LogP) is 4.46. The van der Waals surface area contributed by atoms with E-state index in [0.717, 1.165) is 11.1 Å². The van der Waals surface area contributed by atoms with Crippen molar-refractivity contribution in [2.75, 3.05) is 10.6 Å². The quantitative estimate of drug-likeness (QED) is 0.656. The molecule has 1 aromatic heterocycles. The van der Waals surface area contributed by atoms with Crippen molar-refractivity contribution in [3.63, 3.8) is 0 Å². The van der Waals surface area contributed by atoms with Gasteiger partial charge in [-0.25, -0.2) is 9.18 Å².